The molecule has 2 rings (SSSR count). The van der Waals surface area contributed by atoms with Gasteiger partial charge in [0.1, 0.15) is 0 Å². The van der Waals surface area contributed by atoms with Crippen LogP contribution in [0.2, 0.25) is 0 Å². The van der Waals surface area contributed by atoms with E-state index in [1.165, 1.54) is 0 Å². The quantitative estimate of drug-likeness (QED) is 0.413. The molecule has 0 aliphatic heterocycles. The number of anilines is 1. The highest BCUT2D eigenvalue weighted by Gasteiger charge is 2.09. The van der Waals surface area contributed by atoms with Crippen molar-refractivity contribution in [3.05, 3.63) is 66.2 Å². The number of aliphatic hydroxyl groups excluding tert-OH is 1. The van der Waals surface area contributed by atoms with Crippen LogP contribution in [0.25, 0.3) is 0 Å². The maximum atomic E-state index is 9.45. The highest BCUT2D eigenvalue weighted by Crippen LogP contribution is 2.15. The third kappa shape index (κ3) is 5.73. The van der Waals surface area contributed by atoms with Gasteiger partial charge in [-0.15, -0.1) is 24.0 Å². The average Bonchev–Trinajstić information content (AvgIpc) is 2.50. The van der Waals surface area contributed by atoms with Crippen LogP contribution in [0.4, 0.5) is 5.69 Å². The molecule has 4 nitrogen and oxygen atoms in total. The molecule has 21 heavy (non-hydrogen) atoms. The van der Waals surface area contributed by atoms with Gasteiger partial charge in [-0.05, 0) is 17.7 Å². The van der Waals surface area contributed by atoms with Crippen molar-refractivity contribution in [1.82, 2.24) is 0 Å². The number of nitrogens with one attached hydrogen (secondary N) is 1. The van der Waals surface area contributed by atoms with Gasteiger partial charge in [-0.2, -0.15) is 0 Å². The Bertz CT molecular complexity index is 546. The third-order valence-corrected chi connectivity index (χ3v) is 3.02. The molecule has 5 heteroatoms. The molecule has 0 bridgehead atoms. The van der Waals surface area contributed by atoms with Crippen molar-refractivity contribution in [2.45, 2.75) is 5.92 Å². The summed E-state index contributed by atoms with van der Waals surface area (Å²) in [7, 11) is 0. The molecule has 1 unspecified atom stereocenters. The third-order valence-electron chi connectivity index (χ3n) is 3.02. The van der Waals surface area contributed by atoms with Gasteiger partial charge < -0.3 is 16.2 Å². The number of aliphatic imine (C=N–C) groups is 1. The summed E-state index contributed by atoms with van der Waals surface area (Å²) >= 11 is 0. The highest BCUT2D eigenvalue weighted by atomic mass is 127. The van der Waals surface area contributed by atoms with Crippen LogP contribution in [-0.2, 0) is 0 Å². The Morgan fingerprint density at radius 1 is 1.05 bits per heavy atom. The van der Waals surface area contributed by atoms with Gasteiger partial charge in [0.05, 0.1) is 13.2 Å². The Hall–Kier alpha value is -1.60. The molecule has 0 spiro atoms. The first-order chi connectivity index (χ1) is 9.79. The van der Waals surface area contributed by atoms with Gasteiger partial charge in [-0.1, -0.05) is 48.5 Å². The van der Waals surface area contributed by atoms with Crippen LogP contribution >= 0.6 is 24.0 Å². The Kier molecular flexibility index (Phi) is 7.78. The zero-order valence-corrected chi connectivity index (χ0v) is 14.0. The normalized spacial score (nSPS) is 12.3. The van der Waals surface area contributed by atoms with Crippen LogP contribution in [0.3, 0.4) is 0 Å². The smallest absolute Gasteiger partial charge is 0.193 e. The molecule has 0 saturated heterocycles. The molecule has 0 amide bonds. The standard InChI is InChI=1S/C16H19N3O.HI/c17-16(19-15-9-5-2-6-10-15)18-11-14(12-20)13-7-3-1-4-8-13;/h1-10,14,20H,11-12H2,(H3,17,18,19);1H. The average molecular weight is 397 g/mol. The molecule has 0 saturated carbocycles. The maximum Gasteiger partial charge on any atom is 0.193 e. The minimum absolute atomic E-state index is 0. The maximum absolute atomic E-state index is 9.45. The number of benzene rings is 2. The molecule has 0 aliphatic carbocycles. The summed E-state index contributed by atoms with van der Waals surface area (Å²) in [6.07, 6.45) is 0. The molecular formula is C16H20IN3O. The summed E-state index contributed by atoms with van der Waals surface area (Å²) in [5.41, 5.74) is 7.80. The van der Waals surface area contributed by atoms with Gasteiger partial charge in [0.25, 0.3) is 0 Å². The van der Waals surface area contributed by atoms with Gasteiger partial charge in [0, 0.05) is 11.6 Å². The second-order valence-electron chi connectivity index (χ2n) is 4.51. The molecule has 4 N–H and O–H groups in total. The fourth-order valence-corrected chi connectivity index (χ4v) is 1.91. The molecule has 0 aromatic heterocycles. The monoisotopic (exact) mass is 397 g/mol. The van der Waals surface area contributed by atoms with Gasteiger partial charge in [-0.25, -0.2) is 0 Å². The summed E-state index contributed by atoms with van der Waals surface area (Å²) in [5, 5.41) is 12.5. The molecular weight excluding hydrogens is 377 g/mol. The second-order valence-corrected chi connectivity index (χ2v) is 4.51. The SMILES string of the molecule is I.NC(=NCC(CO)c1ccccc1)Nc1ccccc1. The predicted molar refractivity (Wildman–Crippen MR) is 98.2 cm³/mol. The molecule has 0 fully saturated rings. The topological polar surface area (TPSA) is 70.6 Å². The number of aliphatic hydroxyl groups is 1. The first-order valence-corrected chi connectivity index (χ1v) is 6.57. The fourth-order valence-electron chi connectivity index (χ4n) is 1.91. The van der Waals surface area contributed by atoms with Crippen molar-refractivity contribution in [1.29, 1.82) is 0 Å². The molecule has 0 radical (unpaired) electrons. The summed E-state index contributed by atoms with van der Waals surface area (Å²) < 4.78 is 0. The van der Waals surface area contributed by atoms with Crippen LogP contribution in [0.15, 0.2) is 65.7 Å². The zero-order valence-electron chi connectivity index (χ0n) is 11.6. The van der Waals surface area contributed by atoms with E-state index in [9.17, 15) is 5.11 Å². The van der Waals surface area contributed by atoms with E-state index in [-0.39, 0.29) is 36.5 Å². The number of hydrogen-bond donors (Lipinski definition) is 3. The summed E-state index contributed by atoms with van der Waals surface area (Å²) in [6.45, 7) is 0.498. The largest absolute Gasteiger partial charge is 0.396 e. The number of nitrogens with two attached hydrogens (primary N) is 1. The lowest BCUT2D eigenvalue weighted by molar-refractivity contribution is 0.268. The van der Waals surface area contributed by atoms with Crippen LogP contribution in [-0.4, -0.2) is 24.2 Å². The second kappa shape index (κ2) is 9.36. The molecule has 2 aromatic carbocycles. The van der Waals surface area contributed by atoms with Gasteiger partial charge in [0.2, 0.25) is 0 Å². The number of para-hydroxylation sites is 1. The minimum atomic E-state index is -0.0349. The summed E-state index contributed by atoms with van der Waals surface area (Å²) in [4.78, 5) is 4.29. The van der Waals surface area contributed by atoms with E-state index in [4.69, 9.17) is 5.73 Å². The van der Waals surface area contributed by atoms with Crippen molar-refractivity contribution in [3.63, 3.8) is 0 Å². The molecule has 1 atom stereocenters. The van der Waals surface area contributed by atoms with Crippen molar-refractivity contribution in [3.8, 4) is 0 Å². The van der Waals surface area contributed by atoms with Gasteiger partial charge in [0.15, 0.2) is 5.96 Å². The number of halogens is 1. The van der Waals surface area contributed by atoms with Gasteiger partial charge in [-0.3, -0.25) is 4.99 Å². The Balaban J connectivity index is 0.00000220. The fraction of sp³-hybridized carbons (Fsp3) is 0.188. The van der Waals surface area contributed by atoms with E-state index in [2.05, 4.69) is 10.3 Å². The van der Waals surface area contributed by atoms with E-state index < -0.39 is 0 Å². The lowest BCUT2D eigenvalue weighted by Gasteiger charge is -2.12. The van der Waals surface area contributed by atoms with E-state index in [0.29, 0.717) is 12.5 Å². The molecule has 0 heterocycles. The summed E-state index contributed by atoms with van der Waals surface area (Å²) in [6, 6.07) is 19.5. The van der Waals surface area contributed by atoms with Crippen molar-refractivity contribution < 1.29 is 5.11 Å². The number of nitrogens with zero attached hydrogens (tertiary/aromatic N) is 1. The number of guanidine groups is 1. The molecule has 2 aromatic rings. The number of hydrogen-bond acceptors (Lipinski definition) is 2. The van der Waals surface area contributed by atoms with E-state index >= 15 is 0 Å². The predicted octanol–water partition coefficient (Wildman–Crippen LogP) is 2.81. The zero-order chi connectivity index (χ0) is 14.2. The van der Waals surface area contributed by atoms with Crippen LogP contribution in [0, 0.1) is 0 Å². The number of rotatable bonds is 5. The molecule has 112 valence electrons. The van der Waals surface area contributed by atoms with Crippen LogP contribution in [0.5, 0.6) is 0 Å². The highest BCUT2D eigenvalue weighted by molar-refractivity contribution is 14.0. The lowest BCUT2D eigenvalue weighted by Crippen LogP contribution is -2.24. The first kappa shape index (κ1) is 17.5. The van der Waals surface area contributed by atoms with Gasteiger partial charge >= 0.3 is 0 Å². The Morgan fingerprint density at radius 2 is 1.62 bits per heavy atom. The van der Waals surface area contributed by atoms with Crippen LogP contribution < -0.4 is 11.1 Å². The van der Waals surface area contributed by atoms with E-state index in [1.807, 2.05) is 60.7 Å². The van der Waals surface area contributed by atoms with Crippen molar-refractivity contribution in [2.24, 2.45) is 10.7 Å². The van der Waals surface area contributed by atoms with Crippen LogP contribution in [0.1, 0.15) is 11.5 Å². The lowest BCUT2D eigenvalue weighted by atomic mass is 10.0. The minimum Gasteiger partial charge on any atom is -0.396 e. The first-order valence-electron chi connectivity index (χ1n) is 6.57. The van der Waals surface area contributed by atoms with E-state index in [1.54, 1.807) is 0 Å². The summed E-state index contributed by atoms with van der Waals surface area (Å²) in [5.74, 6) is 0.318. The Morgan fingerprint density at radius 3 is 2.19 bits per heavy atom. The van der Waals surface area contributed by atoms with E-state index in [0.717, 1.165) is 11.3 Å². The van der Waals surface area contributed by atoms with Crippen molar-refractivity contribution in [2.75, 3.05) is 18.5 Å². The van der Waals surface area contributed by atoms with Crippen molar-refractivity contribution >= 4 is 35.6 Å². The molecule has 0 aliphatic rings. The Labute approximate surface area is 142 Å².